The molecule has 0 aliphatic rings. The van der Waals surface area contributed by atoms with Gasteiger partial charge in [0.1, 0.15) is 0 Å². The molecule has 0 bridgehead atoms. The molecule has 0 N–H and O–H groups in total. The molecule has 19 valence electrons. The zero-order chi connectivity index (χ0) is 4.00. The third kappa shape index (κ3) is 9.70. The van der Waals surface area contributed by atoms with Gasteiger partial charge >= 0.3 is 53.8 Å². The fraction of sp³-hybridized carbons (Fsp3) is 0. The van der Waals surface area contributed by atoms with Crippen molar-refractivity contribution in [3.8, 4) is 0 Å². The van der Waals surface area contributed by atoms with E-state index in [1.54, 1.807) is 0 Å². The van der Waals surface area contributed by atoms with Gasteiger partial charge in [0.15, 0.2) is 0 Å². The minimum absolute atomic E-state index is 0.342. The Morgan fingerprint density at radius 3 is 1.25 bits per heavy atom. The van der Waals surface area contributed by atoms with E-state index in [2.05, 4.69) is 0 Å². The van der Waals surface area contributed by atoms with Gasteiger partial charge in [0.2, 0.25) is 0 Å². The molecular formula is F2LiU. The van der Waals surface area contributed by atoms with E-state index in [1.165, 1.54) is 0 Å². The van der Waals surface area contributed by atoms with E-state index in [4.69, 9.17) is 0 Å². The molecule has 0 amide bonds. The molecular weight excluding hydrogens is 283 g/mol. The van der Waals surface area contributed by atoms with E-state index in [9.17, 15) is 5.48 Å². The normalized spacial score (nSPS) is 3.50. The molecule has 0 unspecified atom stereocenters. The van der Waals surface area contributed by atoms with Crippen LogP contribution in [0.25, 0.3) is 0 Å². The Labute approximate surface area is 53.4 Å². The summed E-state index contributed by atoms with van der Waals surface area (Å²) in [5.41, 5.74) is 0. The summed E-state index contributed by atoms with van der Waals surface area (Å²) in [4.78, 5) is 0. The first-order valence-corrected chi connectivity index (χ1v) is 2.14. The van der Waals surface area contributed by atoms with E-state index in [1.807, 2.05) is 0 Å². The Bertz CT molecular complexity index is 6.00. The van der Waals surface area contributed by atoms with Crippen LogP contribution >= 0.6 is 0 Å². The van der Waals surface area contributed by atoms with Gasteiger partial charge in [-0.3, -0.25) is 0 Å². The second kappa shape index (κ2) is 24.4. The zero-order valence-electron chi connectivity index (χ0n) is 2.26. The molecule has 4 heteroatoms. The Morgan fingerprint density at radius 2 is 1.25 bits per heavy atom. The molecule has 0 rings (SSSR count). The van der Waals surface area contributed by atoms with Crippen LogP contribution in [0.15, 0.2) is 0 Å². The molecule has 0 aromatic carbocycles. The quantitative estimate of drug-likeness (QED) is 0.567. The number of halogens is 2. The Kier molecular flexibility index (Phi) is 55.4. The molecule has 0 saturated heterocycles. The van der Waals surface area contributed by atoms with Crippen molar-refractivity contribution in [2.75, 3.05) is 0 Å². The number of rotatable bonds is 0. The molecule has 0 radical (unpaired) electrons. The van der Waals surface area contributed by atoms with Gasteiger partial charge in [-0.15, -0.1) is 0 Å². The fourth-order valence-electron chi connectivity index (χ4n) is 0. The Morgan fingerprint density at radius 1 is 1.25 bits per heavy atom. The maximum absolute atomic E-state index is 9.67. The summed E-state index contributed by atoms with van der Waals surface area (Å²) in [6.45, 7) is 0. The van der Waals surface area contributed by atoms with Crippen molar-refractivity contribution >= 4 is 18.2 Å². The summed E-state index contributed by atoms with van der Waals surface area (Å²) < 4.78 is 19.2. The van der Waals surface area contributed by atoms with E-state index >= 15 is 0 Å². The van der Waals surface area contributed by atoms with Crippen LogP contribution in [0, 0.1) is 30.1 Å². The first-order chi connectivity index (χ1) is 2.00. The Balaban J connectivity index is 0. The molecule has 0 spiro atoms. The summed E-state index contributed by atoms with van der Waals surface area (Å²) in [6, 6.07) is 0. The third-order valence-corrected chi connectivity index (χ3v) is 0. The second-order valence-electron chi connectivity index (χ2n) is 0. The van der Waals surface area contributed by atoms with Crippen molar-refractivity contribution in [2.45, 2.75) is 0 Å². The predicted octanol–water partition coefficient (Wildman–Crippen LogP) is 0.460. The van der Waals surface area contributed by atoms with Crippen LogP contribution in [-0.2, 0) is 0 Å². The minimum atomic E-state index is -0.342. The summed E-state index contributed by atoms with van der Waals surface area (Å²) in [6.07, 6.45) is 0. The zero-order valence-corrected chi connectivity index (χ0v) is 6.42. The Hall–Kier alpha value is 1.51. The molecule has 0 aromatic heterocycles. The van der Waals surface area contributed by atoms with Gasteiger partial charge < -0.3 is 0 Å². The molecule has 0 aliphatic heterocycles. The van der Waals surface area contributed by atoms with Gasteiger partial charge in [-0.2, -0.15) is 0 Å². The van der Waals surface area contributed by atoms with Gasteiger partial charge in [0.05, 0.1) is 0 Å². The molecule has 0 aliphatic carbocycles. The van der Waals surface area contributed by atoms with Crippen LogP contribution in [-0.4, -0.2) is 18.2 Å². The summed E-state index contributed by atoms with van der Waals surface area (Å²) in [7, 11) is 0. The standard InChI is InChI=1S/2FH.Li.U/h2*1H;;/q;;2*+1/p-2. The monoisotopic (exact) mass is 283 g/mol. The van der Waals surface area contributed by atoms with E-state index in [-0.39, 0.29) is 30.1 Å². The predicted molar refractivity (Wildman–Crippen MR) is 7.97 cm³/mol. The van der Waals surface area contributed by atoms with Crippen LogP contribution in [0.1, 0.15) is 0 Å². The van der Waals surface area contributed by atoms with Crippen molar-refractivity contribution in [2.24, 2.45) is 0 Å². The maximum atomic E-state index is 9.67. The van der Waals surface area contributed by atoms with Crippen LogP contribution in [0.3, 0.4) is 0 Å². The van der Waals surface area contributed by atoms with Gasteiger partial charge in [0.25, 0.3) is 0 Å². The van der Waals surface area contributed by atoms with E-state index in [0.29, 0.717) is 18.2 Å². The van der Waals surface area contributed by atoms with Gasteiger partial charge in [-0.1, -0.05) is 0 Å². The molecule has 4 heavy (non-hydrogen) atoms. The summed E-state index contributed by atoms with van der Waals surface area (Å²) in [5, 5.41) is 0. The van der Waals surface area contributed by atoms with E-state index in [0.717, 1.165) is 0 Å². The van der Waals surface area contributed by atoms with Gasteiger partial charge in [-0.05, 0) is 0 Å². The SMILES string of the molecule is [F][U].[Li][F]. The van der Waals surface area contributed by atoms with Crippen LogP contribution in [0.4, 0.5) is 5.48 Å². The number of hydrogen-bond donors (Lipinski definition) is 0. The second-order valence-corrected chi connectivity index (χ2v) is 0. The van der Waals surface area contributed by atoms with Crippen LogP contribution in [0.2, 0.25) is 0 Å². The molecule has 0 aromatic rings. The molecule has 0 nitrogen and oxygen atoms in total. The van der Waals surface area contributed by atoms with Crippen LogP contribution in [0.5, 0.6) is 0 Å². The molecule has 0 heterocycles. The summed E-state index contributed by atoms with van der Waals surface area (Å²) >= 11 is 0.158. The van der Waals surface area contributed by atoms with Crippen molar-refractivity contribution in [3.63, 3.8) is 0 Å². The summed E-state index contributed by atoms with van der Waals surface area (Å²) in [5.74, 6) is 0. The first kappa shape index (κ1) is 9.10. The fourth-order valence-corrected chi connectivity index (χ4v) is 0. The average Bonchev–Trinajstić information content (AvgIpc) is 1.50. The van der Waals surface area contributed by atoms with Crippen molar-refractivity contribution in [3.05, 3.63) is 0 Å². The molecule has 0 atom stereocenters. The van der Waals surface area contributed by atoms with E-state index < -0.39 is 0 Å². The average molecular weight is 283 g/mol. The van der Waals surface area contributed by atoms with Gasteiger partial charge in [-0.25, -0.2) is 0 Å². The van der Waals surface area contributed by atoms with Crippen molar-refractivity contribution in [1.82, 2.24) is 0 Å². The van der Waals surface area contributed by atoms with Gasteiger partial charge in [0, 0.05) is 0 Å². The molecule has 0 saturated carbocycles. The van der Waals surface area contributed by atoms with Crippen molar-refractivity contribution < 1.29 is 35.6 Å². The topological polar surface area (TPSA) is 0 Å². The number of hydrogen-bond acceptors (Lipinski definition) is 0. The first-order valence-electron chi connectivity index (χ1n) is 0.567. The third-order valence-electron chi connectivity index (χ3n) is 0. The molecule has 0 fully saturated rings. The van der Waals surface area contributed by atoms with Crippen LogP contribution < -0.4 is 0 Å². The van der Waals surface area contributed by atoms with Crippen molar-refractivity contribution in [1.29, 1.82) is 0 Å².